The van der Waals surface area contributed by atoms with E-state index in [2.05, 4.69) is 11.1 Å². The summed E-state index contributed by atoms with van der Waals surface area (Å²) in [5.74, 6) is -1.02. The monoisotopic (exact) mass is 553 g/mol. The lowest BCUT2D eigenvalue weighted by Gasteiger charge is -2.16. The highest BCUT2D eigenvalue weighted by Crippen LogP contribution is 2.47. The first-order valence-corrected chi connectivity index (χ1v) is 13.3. The molecule has 10 heteroatoms. The number of amides is 2. The molecule has 39 heavy (non-hydrogen) atoms. The molecule has 0 radical (unpaired) electrons. The molecule has 1 atom stereocenters. The highest BCUT2D eigenvalue weighted by molar-refractivity contribution is 8.00. The fourth-order valence-corrected chi connectivity index (χ4v) is 5.77. The van der Waals surface area contributed by atoms with Gasteiger partial charge in [0.1, 0.15) is 23.0 Å². The van der Waals surface area contributed by atoms with Crippen molar-refractivity contribution in [3.8, 4) is 12.1 Å². The third kappa shape index (κ3) is 5.28. The summed E-state index contributed by atoms with van der Waals surface area (Å²) in [6.45, 7) is 0. The molecule has 3 aromatic rings. The second kappa shape index (κ2) is 10.7. The van der Waals surface area contributed by atoms with Gasteiger partial charge in [-0.15, -0.1) is 0 Å². The van der Waals surface area contributed by atoms with Crippen LogP contribution < -0.4 is 10.6 Å². The lowest BCUT2D eigenvalue weighted by Crippen LogP contribution is -2.31. The summed E-state index contributed by atoms with van der Waals surface area (Å²) >= 11 is 6.99. The Bertz CT molecular complexity index is 1630. The molecule has 1 aliphatic carbocycles. The zero-order valence-corrected chi connectivity index (χ0v) is 22.0. The van der Waals surface area contributed by atoms with E-state index in [1.54, 1.807) is 48.5 Å². The van der Waals surface area contributed by atoms with Crippen molar-refractivity contribution in [1.82, 2.24) is 4.98 Å². The van der Waals surface area contributed by atoms with Gasteiger partial charge in [-0.1, -0.05) is 41.6 Å². The summed E-state index contributed by atoms with van der Waals surface area (Å²) in [5.41, 5.74) is 8.55. The minimum Gasteiger partial charge on any atom is -0.383 e. The van der Waals surface area contributed by atoms with Gasteiger partial charge in [-0.3, -0.25) is 14.4 Å². The van der Waals surface area contributed by atoms with Crippen LogP contribution in [0.3, 0.4) is 0 Å². The number of imide groups is 1. The summed E-state index contributed by atoms with van der Waals surface area (Å²) in [5, 5.41) is 19.4. The molecule has 0 bridgehead atoms. The Balaban J connectivity index is 1.33. The lowest BCUT2D eigenvalue weighted by molar-refractivity contribution is -0.121. The summed E-state index contributed by atoms with van der Waals surface area (Å²) in [7, 11) is 0. The highest BCUT2D eigenvalue weighted by Gasteiger charge is 2.42. The molecule has 1 unspecified atom stereocenters. The lowest BCUT2D eigenvalue weighted by atomic mass is 10.0. The molecule has 2 fully saturated rings. The van der Waals surface area contributed by atoms with Crippen molar-refractivity contribution < 1.29 is 14.4 Å². The van der Waals surface area contributed by atoms with Gasteiger partial charge in [0.05, 0.1) is 22.1 Å². The van der Waals surface area contributed by atoms with E-state index in [9.17, 15) is 24.9 Å². The van der Waals surface area contributed by atoms with Gasteiger partial charge >= 0.3 is 0 Å². The number of rotatable bonds is 7. The van der Waals surface area contributed by atoms with Crippen LogP contribution in [0.1, 0.15) is 57.8 Å². The SMILES string of the molecule is N#Cc1c(N)nc(SC2CC(=O)N(c3ccc(C(=O)/C=C/c4cccc(Cl)c4)cc3)C2=O)c(C#N)c1C1CC1. The largest absolute Gasteiger partial charge is 0.383 e. The fourth-order valence-electron chi connectivity index (χ4n) is 4.45. The number of benzene rings is 2. The first-order valence-electron chi connectivity index (χ1n) is 12.1. The van der Waals surface area contributed by atoms with Crippen molar-refractivity contribution in [2.75, 3.05) is 10.6 Å². The number of hydrogen-bond donors (Lipinski definition) is 1. The van der Waals surface area contributed by atoms with E-state index in [-0.39, 0.29) is 40.1 Å². The average Bonchev–Trinajstić information content (AvgIpc) is 3.72. The van der Waals surface area contributed by atoms with Crippen molar-refractivity contribution in [1.29, 1.82) is 10.5 Å². The molecule has 1 saturated heterocycles. The number of allylic oxidation sites excluding steroid dienone is 1. The molecule has 1 aliphatic heterocycles. The Morgan fingerprint density at radius 2 is 1.82 bits per heavy atom. The number of thioether (sulfide) groups is 1. The molecule has 0 spiro atoms. The number of carbonyl (C=O) groups is 3. The summed E-state index contributed by atoms with van der Waals surface area (Å²) in [6.07, 6.45) is 4.70. The average molecular weight is 554 g/mol. The van der Waals surface area contributed by atoms with Crippen LogP contribution in [0, 0.1) is 22.7 Å². The predicted octanol–water partition coefficient (Wildman–Crippen LogP) is 5.26. The Kier molecular flexibility index (Phi) is 7.21. The predicted molar refractivity (Wildman–Crippen MR) is 148 cm³/mol. The van der Waals surface area contributed by atoms with Gasteiger partial charge in [0.25, 0.3) is 0 Å². The molecule has 2 amide bonds. The van der Waals surface area contributed by atoms with Gasteiger partial charge in [0, 0.05) is 17.0 Å². The number of nitrogen functional groups attached to an aromatic ring is 1. The molecule has 1 aromatic heterocycles. The van der Waals surface area contributed by atoms with E-state index in [1.807, 2.05) is 12.1 Å². The number of pyridine rings is 1. The third-order valence-corrected chi connectivity index (χ3v) is 7.89. The molecule has 2 aromatic carbocycles. The van der Waals surface area contributed by atoms with E-state index in [0.717, 1.165) is 35.1 Å². The summed E-state index contributed by atoms with van der Waals surface area (Å²) in [4.78, 5) is 44.0. The number of aromatic nitrogens is 1. The summed E-state index contributed by atoms with van der Waals surface area (Å²) in [6, 6.07) is 17.5. The van der Waals surface area contributed by atoms with Crippen LogP contribution in [0.25, 0.3) is 6.08 Å². The van der Waals surface area contributed by atoms with Crippen molar-refractivity contribution in [2.45, 2.75) is 35.5 Å². The fraction of sp³-hybridized carbons (Fsp3) is 0.172. The van der Waals surface area contributed by atoms with Gasteiger partial charge in [-0.05, 0) is 72.4 Å². The Morgan fingerprint density at radius 1 is 1.10 bits per heavy atom. The molecule has 2 N–H and O–H groups in total. The van der Waals surface area contributed by atoms with E-state index in [4.69, 9.17) is 17.3 Å². The molecule has 5 rings (SSSR count). The number of nitrogens with zero attached hydrogens (tertiary/aromatic N) is 4. The van der Waals surface area contributed by atoms with Gasteiger partial charge in [0.15, 0.2) is 5.78 Å². The molecule has 2 heterocycles. The summed E-state index contributed by atoms with van der Waals surface area (Å²) < 4.78 is 0. The maximum Gasteiger partial charge on any atom is 0.247 e. The van der Waals surface area contributed by atoms with Crippen LogP contribution in [-0.4, -0.2) is 27.8 Å². The van der Waals surface area contributed by atoms with E-state index in [0.29, 0.717) is 21.8 Å². The van der Waals surface area contributed by atoms with Crippen molar-refractivity contribution in [3.63, 3.8) is 0 Å². The number of nitriles is 2. The first-order chi connectivity index (χ1) is 18.8. The smallest absolute Gasteiger partial charge is 0.247 e. The molecule has 1 saturated carbocycles. The van der Waals surface area contributed by atoms with Crippen LogP contribution in [0.4, 0.5) is 11.5 Å². The molecular formula is C29H20ClN5O3S. The number of hydrogen-bond acceptors (Lipinski definition) is 8. The van der Waals surface area contributed by atoms with E-state index >= 15 is 0 Å². The van der Waals surface area contributed by atoms with E-state index < -0.39 is 17.1 Å². The number of carbonyl (C=O) groups excluding carboxylic acids is 3. The quantitative estimate of drug-likeness (QED) is 0.237. The third-order valence-electron chi connectivity index (χ3n) is 6.48. The number of nitrogens with two attached hydrogens (primary N) is 1. The second-order valence-electron chi connectivity index (χ2n) is 9.14. The van der Waals surface area contributed by atoms with Gasteiger partial charge < -0.3 is 5.73 Å². The molecule has 8 nitrogen and oxygen atoms in total. The van der Waals surface area contributed by atoms with Crippen LogP contribution in [-0.2, 0) is 9.59 Å². The molecule has 2 aliphatic rings. The normalized spacial score (nSPS) is 16.9. The van der Waals surface area contributed by atoms with Gasteiger partial charge in [-0.2, -0.15) is 10.5 Å². The number of halogens is 1. The highest BCUT2D eigenvalue weighted by atomic mass is 35.5. The van der Waals surface area contributed by atoms with Crippen molar-refractivity contribution in [3.05, 3.63) is 87.4 Å². The minimum atomic E-state index is -0.807. The Morgan fingerprint density at radius 3 is 2.46 bits per heavy atom. The van der Waals surface area contributed by atoms with Crippen LogP contribution in [0.15, 0.2) is 59.6 Å². The topological polar surface area (TPSA) is 141 Å². The number of anilines is 2. The van der Waals surface area contributed by atoms with Crippen molar-refractivity contribution in [2.24, 2.45) is 0 Å². The minimum absolute atomic E-state index is 0.0131. The zero-order chi connectivity index (χ0) is 27.7. The molecule has 192 valence electrons. The maximum absolute atomic E-state index is 13.3. The first kappa shape index (κ1) is 26.2. The van der Waals surface area contributed by atoms with Crippen LogP contribution in [0.2, 0.25) is 5.02 Å². The van der Waals surface area contributed by atoms with E-state index in [1.165, 1.54) is 6.08 Å². The zero-order valence-electron chi connectivity index (χ0n) is 20.4. The van der Waals surface area contributed by atoms with Crippen LogP contribution >= 0.6 is 23.4 Å². The standard InChI is InChI=1S/C29H20ClN5O3S/c30-19-3-1-2-16(12-19)4-11-23(36)17-7-9-20(10-8-17)35-25(37)13-24(29(35)38)39-28-22(15-32)26(18-5-6-18)21(14-31)27(33)34-28/h1-4,7-12,18,24H,5-6,13H2,(H2,33,34)/b11-4+. The Labute approximate surface area is 233 Å². The maximum atomic E-state index is 13.3. The van der Waals surface area contributed by atoms with Gasteiger partial charge in [-0.25, -0.2) is 9.88 Å². The number of ketones is 1. The Hall–Kier alpha value is -4.44. The van der Waals surface area contributed by atoms with Gasteiger partial charge in [0.2, 0.25) is 11.8 Å². The molecular weight excluding hydrogens is 534 g/mol. The van der Waals surface area contributed by atoms with Crippen LogP contribution in [0.5, 0.6) is 0 Å². The second-order valence-corrected chi connectivity index (χ2v) is 10.8. The van der Waals surface area contributed by atoms with Crippen molar-refractivity contribution >= 4 is 58.5 Å².